The number of rotatable bonds is 9. The molecule has 0 radical (unpaired) electrons. The lowest BCUT2D eigenvalue weighted by Gasteiger charge is -2.64. The van der Waals surface area contributed by atoms with Gasteiger partial charge in [0.05, 0.1) is 42.0 Å². The van der Waals surface area contributed by atoms with Crippen LogP contribution >= 0.6 is 0 Å². The minimum Gasteiger partial charge on any atom is -0.465 e. The summed E-state index contributed by atoms with van der Waals surface area (Å²) in [4.78, 5) is 35.8. The van der Waals surface area contributed by atoms with Crippen molar-refractivity contribution in [3.8, 4) is 11.8 Å². The van der Waals surface area contributed by atoms with Crippen molar-refractivity contribution in [1.82, 2.24) is 4.98 Å². The van der Waals surface area contributed by atoms with E-state index in [0.29, 0.717) is 50.0 Å². The molecule has 1 aromatic heterocycles. The normalized spacial score (nSPS) is 45.0. The number of aliphatic hydroxyl groups is 5. The quantitative estimate of drug-likeness (QED) is 0.0648. The predicted octanol–water partition coefficient (Wildman–Crippen LogP) is 5.76. The van der Waals surface area contributed by atoms with E-state index < -0.39 is 64.0 Å². The third-order valence-electron chi connectivity index (χ3n) is 19.0. The summed E-state index contributed by atoms with van der Waals surface area (Å²) >= 11 is 0. The Morgan fingerprint density at radius 3 is 2.45 bits per heavy atom. The summed E-state index contributed by atoms with van der Waals surface area (Å²) in [7, 11) is 0. The molecule has 12 heteroatoms. The number of aromatic nitrogens is 1. The van der Waals surface area contributed by atoms with Gasteiger partial charge in [0.25, 0.3) is 0 Å². The van der Waals surface area contributed by atoms with E-state index >= 15 is 0 Å². The SMILES string of the molecule is CC(C)CC[C@@H]1C[C@H]([C@@H]2COC(=O)[C@H]2c2cc[nH]c2)C#CC[C@H]2C[C@@]3(O)C4=CC(=O)[C@@H]5C[C@@H](O)[C@@H](O)C[C@]5(C5CCCC5)[C@H]4CC[C@]3(CCN=C(N)N)[C@H]2[C@@](C)(O)[C@H](O)C[C@@H](C)[C@@H]1C. The Balaban J connectivity index is 1.26. The van der Waals surface area contributed by atoms with Gasteiger partial charge < -0.3 is 46.7 Å². The van der Waals surface area contributed by atoms with Gasteiger partial charge in [-0.1, -0.05) is 52.9 Å². The van der Waals surface area contributed by atoms with E-state index in [1.165, 1.54) is 0 Å². The Hall–Kier alpha value is -3.21. The average molecular weight is 887 g/mol. The highest BCUT2D eigenvalue weighted by Gasteiger charge is 2.74. The molecule has 0 bridgehead atoms. The fraction of sp³-hybridized carbons (Fsp3) is 0.788. The number of ether oxygens (including phenoxy) is 1. The number of guanidine groups is 1. The molecular weight excluding hydrogens is 809 g/mol. The number of aliphatic hydroxyl groups excluding tert-OH is 3. The molecule has 2 heterocycles. The summed E-state index contributed by atoms with van der Waals surface area (Å²) in [5, 5.41) is 62.3. The van der Waals surface area contributed by atoms with Crippen LogP contribution in [-0.4, -0.2) is 90.9 Å². The first-order valence-corrected chi connectivity index (χ1v) is 24.9. The second-order valence-electron chi connectivity index (χ2n) is 22.7. The molecule has 6 aliphatic carbocycles. The first-order chi connectivity index (χ1) is 30.4. The van der Waals surface area contributed by atoms with E-state index in [2.05, 4.69) is 49.5 Å². The molecule has 0 spiro atoms. The number of nitrogens with two attached hydrogens (primary N) is 2. The number of fused-ring (bicyclic) bond motifs is 7. The van der Waals surface area contributed by atoms with Crippen molar-refractivity contribution in [1.29, 1.82) is 0 Å². The molecule has 7 aliphatic rings. The van der Waals surface area contributed by atoms with Gasteiger partial charge in [-0.15, -0.1) is 5.92 Å². The number of esters is 1. The molecular formula is C52H78N4O8. The Kier molecular flexibility index (Phi) is 13.4. The molecule has 10 N–H and O–H groups in total. The second-order valence-corrected chi connectivity index (χ2v) is 22.7. The lowest BCUT2D eigenvalue weighted by atomic mass is 9.41. The van der Waals surface area contributed by atoms with Crippen molar-refractivity contribution in [2.75, 3.05) is 13.2 Å². The summed E-state index contributed by atoms with van der Waals surface area (Å²) in [5.41, 5.74) is 8.50. The average Bonchev–Trinajstić information content (AvgIpc) is 4.06. The topological polar surface area (TPSA) is 225 Å². The molecule has 0 amide bonds. The van der Waals surface area contributed by atoms with Gasteiger partial charge in [0.1, 0.15) is 0 Å². The smallest absolute Gasteiger partial charge is 0.313 e. The minimum absolute atomic E-state index is 0.0111. The fourth-order valence-corrected chi connectivity index (χ4v) is 15.8. The number of cyclic esters (lactones) is 1. The van der Waals surface area contributed by atoms with Gasteiger partial charge in [-0.05, 0) is 148 Å². The maximum Gasteiger partial charge on any atom is 0.313 e. The first kappa shape index (κ1) is 47.3. The lowest BCUT2D eigenvalue weighted by molar-refractivity contribution is -0.195. The standard InChI is InChI=1S/C52H78N4O8/c1-29(2)13-14-32-22-33(37-28-64-47(61)45(37)35-16-19-55-27-35)9-8-10-34-25-52(63)39-23-41(57)40-24-42(58)43(59)26-51(40,36-11-6-7-12-36)38(39)15-17-50(52,18-20-56-48(53)54)46(34)49(5,62)44(60)21-30(3)31(32)4/h16,19,23,27,29-34,36-38,40,42-46,55,58-60,62-63H,6-7,10-15,17-18,20-22,24-26,28H2,1-5H3,(H4,53,54,56)/t30-,31+,32-,33-,34+,37+,38+,40+,42-,43+,44-,45+,46-,49+,50+,51+,52-/m1/s1. The summed E-state index contributed by atoms with van der Waals surface area (Å²) in [6.07, 6.45) is 11.8. The van der Waals surface area contributed by atoms with Gasteiger partial charge in [-0.2, -0.15) is 0 Å². The number of ketones is 1. The van der Waals surface area contributed by atoms with Crippen molar-refractivity contribution in [2.24, 2.45) is 92.4 Å². The molecule has 8 rings (SSSR count). The number of carbonyl (C=O) groups excluding carboxylic acids is 2. The van der Waals surface area contributed by atoms with Crippen molar-refractivity contribution in [3.05, 3.63) is 35.7 Å². The van der Waals surface area contributed by atoms with E-state index in [1.807, 2.05) is 18.5 Å². The van der Waals surface area contributed by atoms with Crippen molar-refractivity contribution in [3.63, 3.8) is 0 Å². The zero-order chi connectivity index (χ0) is 45.9. The van der Waals surface area contributed by atoms with Crippen molar-refractivity contribution < 1.29 is 39.9 Å². The fourth-order valence-electron chi connectivity index (χ4n) is 15.8. The van der Waals surface area contributed by atoms with Crippen LogP contribution in [0.4, 0.5) is 0 Å². The van der Waals surface area contributed by atoms with E-state index in [4.69, 9.17) is 16.2 Å². The van der Waals surface area contributed by atoms with Gasteiger partial charge >= 0.3 is 5.97 Å². The van der Waals surface area contributed by atoms with E-state index in [-0.39, 0.29) is 85.1 Å². The molecule has 1 aromatic rings. The first-order valence-electron chi connectivity index (χ1n) is 24.9. The summed E-state index contributed by atoms with van der Waals surface area (Å²) < 4.78 is 5.83. The number of hydrogen-bond donors (Lipinski definition) is 8. The Labute approximate surface area is 380 Å². The number of aliphatic imine (C=N–C) groups is 1. The number of allylic oxidation sites excluding steroid dienone is 1. The van der Waals surface area contributed by atoms with Crippen LogP contribution in [-0.2, 0) is 14.3 Å². The van der Waals surface area contributed by atoms with Crippen LogP contribution in [0.3, 0.4) is 0 Å². The van der Waals surface area contributed by atoms with E-state index in [0.717, 1.165) is 50.5 Å². The second kappa shape index (κ2) is 18.1. The molecule has 12 nitrogen and oxygen atoms in total. The maximum absolute atomic E-state index is 14.7. The van der Waals surface area contributed by atoms with Crippen molar-refractivity contribution >= 4 is 17.7 Å². The molecule has 4 saturated carbocycles. The van der Waals surface area contributed by atoms with Crippen molar-refractivity contribution in [2.45, 2.75) is 166 Å². The monoisotopic (exact) mass is 887 g/mol. The molecule has 17 atom stereocenters. The van der Waals surface area contributed by atoms with Crippen LogP contribution in [0.1, 0.15) is 142 Å². The highest BCUT2D eigenvalue weighted by molar-refractivity contribution is 5.95. The molecule has 0 aromatic carbocycles. The highest BCUT2D eigenvalue weighted by Crippen LogP contribution is 2.73. The largest absolute Gasteiger partial charge is 0.465 e. The van der Waals surface area contributed by atoms with Crippen LogP contribution in [0.5, 0.6) is 0 Å². The summed E-state index contributed by atoms with van der Waals surface area (Å²) in [6.45, 7) is 11.1. The maximum atomic E-state index is 14.7. The number of carbonyl (C=O) groups is 2. The van der Waals surface area contributed by atoms with Gasteiger partial charge in [0.15, 0.2) is 11.7 Å². The number of H-pyrrole nitrogens is 1. The van der Waals surface area contributed by atoms with Crippen LogP contribution in [0.25, 0.3) is 0 Å². The van der Waals surface area contributed by atoms with Crippen LogP contribution < -0.4 is 11.5 Å². The molecule has 1 saturated heterocycles. The zero-order valence-corrected chi connectivity index (χ0v) is 39.1. The number of hydrogen-bond acceptors (Lipinski definition) is 9. The molecule has 5 fully saturated rings. The van der Waals surface area contributed by atoms with E-state index in [1.54, 1.807) is 13.0 Å². The Morgan fingerprint density at radius 1 is 1.02 bits per heavy atom. The van der Waals surface area contributed by atoms with Crippen LogP contribution in [0.15, 0.2) is 35.1 Å². The predicted molar refractivity (Wildman–Crippen MR) is 245 cm³/mol. The third kappa shape index (κ3) is 7.99. The summed E-state index contributed by atoms with van der Waals surface area (Å²) in [5.74, 6) is 5.50. The molecule has 1 aliphatic heterocycles. The number of aromatic amines is 1. The van der Waals surface area contributed by atoms with Gasteiger partial charge in [-0.25, -0.2) is 0 Å². The zero-order valence-electron chi connectivity index (χ0n) is 39.1. The molecule has 64 heavy (non-hydrogen) atoms. The third-order valence-corrected chi connectivity index (χ3v) is 19.0. The van der Waals surface area contributed by atoms with E-state index in [9.17, 15) is 35.1 Å². The summed E-state index contributed by atoms with van der Waals surface area (Å²) in [6, 6.07) is 1.95. The van der Waals surface area contributed by atoms with Crippen LogP contribution in [0.2, 0.25) is 0 Å². The Morgan fingerprint density at radius 2 is 1.77 bits per heavy atom. The highest BCUT2D eigenvalue weighted by atomic mass is 16.5. The van der Waals surface area contributed by atoms with Gasteiger partial charge in [0, 0.05) is 54.4 Å². The van der Waals surface area contributed by atoms with Gasteiger partial charge in [-0.3, -0.25) is 14.6 Å². The Bertz CT molecular complexity index is 1980. The molecule has 0 unspecified atom stereocenters. The molecule has 354 valence electrons. The number of nitrogens with zero attached hydrogens (tertiary/aromatic N) is 1. The minimum atomic E-state index is -1.68. The van der Waals surface area contributed by atoms with Gasteiger partial charge in [0.2, 0.25) is 0 Å². The lowest BCUT2D eigenvalue weighted by Crippen LogP contribution is -2.65. The van der Waals surface area contributed by atoms with Crippen LogP contribution in [0, 0.1) is 87.8 Å². The number of nitrogens with one attached hydrogen (secondary N) is 1.